The molecule has 1 N–H and O–H groups in total. The molecule has 1 aromatic heterocycles. The number of hydrogen-bond donors (Lipinski definition) is 1. The number of halogens is 1. The lowest BCUT2D eigenvalue weighted by Gasteiger charge is -2.12. The molecule has 1 saturated heterocycles. The molecule has 0 radical (unpaired) electrons. The molecule has 3 rings (SSSR count). The zero-order valence-corrected chi connectivity index (χ0v) is 15.6. The summed E-state index contributed by atoms with van der Waals surface area (Å²) in [7, 11) is 0. The van der Waals surface area contributed by atoms with E-state index in [-0.39, 0.29) is 24.9 Å². The third-order valence-corrected chi connectivity index (χ3v) is 4.59. The van der Waals surface area contributed by atoms with Gasteiger partial charge in [-0.05, 0) is 38.5 Å². The van der Waals surface area contributed by atoms with E-state index in [1.54, 1.807) is 11.0 Å². The van der Waals surface area contributed by atoms with Crippen molar-refractivity contribution in [2.45, 2.75) is 20.3 Å². The average Bonchev–Trinajstić information content (AvgIpc) is 3.20. The number of aryl methyl sites for hydroxylation is 1. The summed E-state index contributed by atoms with van der Waals surface area (Å²) in [5.41, 5.74) is 3.68. The second-order valence-corrected chi connectivity index (χ2v) is 6.27. The molecule has 0 saturated carbocycles. The van der Waals surface area contributed by atoms with Crippen molar-refractivity contribution in [2.75, 3.05) is 13.1 Å². The molecule has 138 valence electrons. The first-order valence-corrected chi connectivity index (χ1v) is 8.29. The summed E-state index contributed by atoms with van der Waals surface area (Å²) in [6.45, 7) is 4.64. The van der Waals surface area contributed by atoms with Crippen LogP contribution in [0.1, 0.15) is 23.4 Å². The number of para-hydroxylation sites is 1. The fourth-order valence-corrected chi connectivity index (χ4v) is 3.14. The van der Waals surface area contributed by atoms with Crippen molar-refractivity contribution >= 4 is 30.4 Å². The number of carboxylic acid groups (broad SMARTS) is 1. The van der Waals surface area contributed by atoms with Crippen LogP contribution in [0.5, 0.6) is 0 Å². The van der Waals surface area contributed by atoms with E-state index in [4.69, 9.17) is 5.11 Å². The van der Waals surface area contributed by atoms with Gasteiger partial charge in [-0.25, -0.2) is 4.68 Å². The van der Waals surface area contributed by atoms with E-state index < -0.39 is 11.9 Å². The molecule has 0 bridgehead atoms. The second-order valence-electron chi connectivity index (χ2n) is 6.27. The van der Waals surface area contributed by atoms with Crippen LogP contribution in [0.3, 0.4) is 0 Å². The van der Waals surface area contributed by atoms with E-state index in [2.05, 4.69) is 5.10 Å². The Morgan fingerprint density at radius 3 is 2.54 bits per heavy atom. The van der Waals surface area contributed by atoms with Gasteiger partial charge in [0.1, 0.15) is 0 Å². The van der Waals surface area contributed by atoms with Crippen LogP contribution >= 0.6 is 12.4 Å². The summed E-state index contributed by atoms with van der Waals surface area (Å²) < 4.78 is 1.86. The lowest BCUT2D eigenvalue weighted by atomic mass is 10.1. The van der Waals surface area contributed by atoms with Crippen molar-refractivity contribution in [1.29, 1.82) is 0 Å². The Balaban J connectivity index is 0.00000243. The van der Waals surface area contributed by atoms with Gasteiger partial charge in [-0.1, -0.05) is 18.2 Å². The third kappa shape index (κ3) is 3.96. The van der Waals surface area contributed by atoms with Crippen LogP contribution in [0.15, 0.2) is 36.4 Å². The highest BCUT2D eigenvalue weighted by Crippen LogP contribution is 2.20. The number of benzene rings is 1. The van der Waals surface area contributed by atoms with E-state index in [0.717, 1.165) is 22.6 Å². The third-order valence-electron chi connectivity index (χ3n) is 4.59. The summed E-state index contributed by atoms with van der Waals surface area (Å²) in [5.74, 6) is -1.45. The maximum atomic E-state index is 12.3. The molecule has 1 atom stereocenters. The Labute approximate surface area is 158 Å². The van der Waals surface area contributed by atoms with Gasteiger partial charge >= 0.3 is 5.97 Å². The number of aliphatic carboxylic acids is 1. The van der Waals surface area contributed by atoms with Crippen LogP contribution in [-0.2, 0) is 9.59 Å². The van der Waals surface area contributed by atoms with E-state index >= 15 is 0 Å². The molecule has 1 amide bonds. The predicted molar refractivity (Wildman–Crippen MR) is 102 cm³/mol. The maximum absolute atomic E-state index is 12.3. The number of carbonyl (C=O) groups excluding carboxylic acids is 1. The molecular weight excluding hydrogens is 354 g/mol. The number of hydrogen-bond acceptors (Lipinski definition) is 3. The van der Waals surface area contributed by atoms with E-state index in [1.165, 1.54) is 6.08 Å². The number of amides is 1. The molecule has 26 heavy (non-hydrogen) atoms. The summed E-state index contributed by atoms with van der Waals surface area (Å²) in [6, 6.07) is 9.83. The number of likely N-dealkylation sites (tertiary alicyclic amines) is 1. The Hall–Kier alpha value is -2.60. The van der Waals surface area contributed by atoms with Gasteiger partial charge in [0.25, 0.3) is 0 Å². The molecule has 2 aromatic rings. The lowest BCUT2D eigenvalue weighted by Crippen LogP contribution is -2.28. The number of nitrogens with zero attached hydrogens (tertiary/aromatic N) is 3. The van der Waals surface area contributed by atoms with Crippen molar-refractivity contribution < 1.29 is 14.7 Å². The first-order valence-electron chi connectivity index (χ1n) is 8.29. The van der Waals surface area contributed by atoms with Crippen molar-refractivity contribution in [1.82, 2.24) is 14.7 Å². The molecule has 1 aromatic carbocycles. The smallest absolute Gasteiger partial charge is 0.308 e. The molecule has 1 aliphatic rings. The number of carbonyl (C=O) groups is 2. The van der Waals surface area contributed by atoms with Gasteiger partial charge in [0.05, 0.1) is 17.3 Å². The minimum atomic E-state index is -0.838. The highest BCUT2D eigenvalue weighted by atomic mass is 35.5. The SMILES string of the molecule is Cc1nn(-c2ccccc2)c(C)c1C=CC(=O)N1CCC(C(=O)O)C1.Cl. The molecule has 1 aliphatic heterocycles. The standard InChI is InChI=1S/C19H21N3O3.ClH/c1-13-17(14(2)22(20-13)16-6-4-3-5-7-16)8-9-18(23)21-11-10-15(12-21)19(24)25;/h3-9,15H,10-12H2,1-2H3,(H,24,25);1H. The second kappa shape index (κ2) is 8.19. The quantitative estimate of drug-likeness (QED) is 0.834. The van der Waals surface area contributed by atoms with Crippen molar-refractivity contribution in [3.8, 4) is 5.69 Å². The fraction of sp³-hybridized carbons (Fsp3) is 0.316. The van der Waals surface area contributed by atoms with Crippen LogP contribution in [0.2, 0.25) is 0 Å². The Morgan fingerprint density at radius 1 is 1.23 bits per heavy atom. The van der Waals surface area contributed by atoms with Crippen molar-refractivity contribution in [2.24, 2.45) is 5.92 Å². The van der Waals surface area contributed by atoms with Crippen LogP contribution in [0.25, 0.3) is 11.8 Å². The van der Waals surface area contributed by atoms with Crippen molar-refractivity contribution in [3.05, 3.63) is 53.4 Å². The van der Waals surface area contributed by atoms with Gasteiger partial charge in [0.15, 0.2) is 0 Å². The largest absolute Gasteiger partial charge is 0.481 e. The number of carboxylic acids is 1. The van der Waals surface area contributed by atoms with E-state index in [0.29, 0.717) is 13.0 Å². The molecule has 7 heteroatoms. The van der Waals surface area contributed by atoms with Gasteiger partial charge in [-0.2, -0.15) is 5.10 Å². The predicted octanol–water partition coefficient (Wildman–Crippen LogP) is 2.86. The number of aromatic nitrogens is 2. The molecule has 2 heterocycles. The molecular formula is C19H22ClN3O3. The zero-order chi connectivity index (χ0) is 18.0. The van der Waals surface area contributed by atoms with E-state index in [9.17, 15) is 9.59 Å². The Kier molecular flexibility index (Phi) is 6.21. The summed E-state index contributed by atoms with van der Waals surface area (Å²) in [4.78, 5) is 24.9. The maximum Gasteiger partial charge on any atom is 0.308 e. The summed E-state index contributed by atoms with van der Waals surface area (Å²) >= 11 is 0. The van der Waals surface area contributed by atoms with Gasteiger partial charge in [-0.15, -0.1) is 12.4 Å². The van der Waals surface area contributed by atoms with Crippen molar-refractivity contribution in [3.63, 3.8) is 0 Å². The van der Waals surface area contributed by atoms with Crippen LogP contribution in [-0.4, -0.2) is 44.8 Å². The van der Waals surface area contributed by atoms with Gasteiger partial charge in [0.2, 0.25) is 5.91 Å². The van der Waals surface area contributed by atoms with E-state index in [1.807, 2.05) is 48.9 Å². The summed E-state index contributed by atoms with van der Waals surface area (Å²) in [6.07, 6.45) is 3.79. The topological polar surface area (TPSA) is 75.4 Å². The van der Waals surface area contributed by atoms with Gasteiger partial charge in [-0.3, -0.25) is 9.59 Å². The average molecular weight is 376 g/mol. The lowest BCUT2D eigenvalue weighted by molar-refractivity contribution is -0.141. The highest BCUT2D eigenvalue weighted by Gasteiger charge is 2.29. The first-order chi connectivity index (χ1) is 12.0. The molecule has 0 aliphatic carbocycles. The Bertz CT molecular complexity index is 830. The van der Waals surface area contributed by atoms with Crippen LogP contribution in [0.4, 0.5) is 0 Å². The minimum Gasteiger partial charge on any atom is -0.481 e. The molecule has 6 nitrogen and oxygen atoms in total. The van der Waals surface area contributed by atoms with Crippen LogP contribution in [0, 0.1) is 19.8 Å². The number of rotatable bonds is 4. The summed E-state index contributed by atoms with van der Waals surface area (Å²) in [5, 5.41) is 13.6. The fourth-order valence-electron chi connectivity index (χ4n) is 3.14. The Morgan fingerprint density at radius 2 is 1.92 bits per heavy atom. The highest BCUT2D eigenvalue weighted by molar-refractivity contribution is 5.92. The first kappa shape index (κ1) is 19.7. The molecule has 1 unspecified atom stereocenters. The van der Waals surface area contributed by atoms with Gasteiger partial charge < -0.3 is 10.0 Å². The zero-order valence-electron chi connectivity index (χ0n) is 14.8. The minimum absolute atomic E-state index is 0. The normalized spacial score (nSPS) is 16.7. The molecule has 0 spiro atoms. The van der Waals surface area contributed by atoms with Gasteiger partial charge in [0, 0.05) is 30.4 Å². The van der Waals surface area contributed by atoms with Crippen LogP contribution < -0.4 is 0 Å². The monoisotopic (exact) mass is 375 g/mol. The molecule has 1 fully saturated rings.